The van der Waals surface area contributed by atoms with Crippen LogP contribution in [0.5, 0.6) is 5.75 Å². The molecule has 0 aromatic heterocycles. The van der Waals surface area contributed by atoms with Crippen LogP contribution in [0.15, 0.2) is 24.3 Å². The number of carbonyl (C=O) groups excluding carboxylic acids is 1. The van der Waals surface area contributed by atoms with Crippen LogP contribution in [0.3, 0.4) is 0 Å². The van der Waals surface area contributed by atoms with Gasteiger partial charge in [-0.05, 0) is 19.1 Å². The standard InChI is InChI=1S/C15H19N3O2/c1-12(11-16)15(19)18-8-6-17(7-9-18)13-4-3-5-14(10-13)20-2/h3-5,10,12H,6-9H2,1-2H3. The molecule has 1 unspecified atom stereocenters. The highest BCUT2D eigenvalue weighted by molar-refractivity contribution is 5.81. The summed E-state index contributed by atoms with van der Waals surface area (Å²) in [5, 5.41) is 8.80. The van der Waals surface area contributed by atoms with Crippen LogP contribution in [0.1, 0.15) is 6.92 Å². The molecule has 20 heavy (non-hydrogen) atoms. The van der Waals surface area contributed by atoms with Crippen molar-refractivity contribution in [1.29, 1.82) is 5.26 Å². The maximum Gasteiger partial charge on any atom is 0.239 e. The van der Waals surface area contributed by atoms with Crippen LogP contribution >= 0.6 is 0 Å². The molecule has 5 nitrogen and oxygen atoms in total. The van der Waals surface area contributed by atoms with Gasteiger partial charge in [0.2, 0.25) is 5.91 Å². The lowest BCUT2D eigenvalue weighted by Crippen LogP contribution is -2.50. The van der Waals surface area contributed by atoms with Crippen LogP contribution in [-0.4, -0.2) is 44.1 Å². The Labute approximate surface area is 119 Å². The summed E-state index contributed by atoms with van der Waals surface area (Å²) in [4.78, 5) is 15.9. The summed E-state index contributed by atoms with van der Waals surface area (Å²) < 4.78 is 5.22. The Kier molecular flexibility index (Phi) is 4.46. The van der Waals surface area contributed by atoms with E-state index >= 15 is 0 Å². The van der Waals surface area contributed by atoms with E-state index in [4.69, 9.17) is 10.00 Å². The quantitative estimate of drug-likeness (QED) is 0.837. The topological polar surface area (TPSA) is 56.6 Å². The lowest BCUT2D eigenvalue weighted by atomic mass is 10.1. The first-order valence-corrected chi connectivity index (χ1v) is 6.73. The van der Waals surface area contributed by atoms with Gasteiger partial charge in [-0.1, -0.05) is 6.07 Å². The van der Waals surface area contributed by atoms with Gasteiger partial charge in [-0.15, -0.1) is 0 Å². The minimum absolute atomic E-state index is 0.0715. The average molecular weight is 273 g/mol. The number of hydrogen-bond donors (Lipinski definition) is 0. The third-order valence-electron chi connectivity index (χ3n) is 3.57. The van der Waals surface area contributed by atoms with E-state index in [1.165, 1.54) is 0 Å². The number of methoxy groups -OCH3 is 1. The summed E-state index contributed by atoms with van der Waals surface area (Å²) in [6.07, 6.45) is 0. The van der Waals surface area contributed by atoms with Crippen LogP contribution in [0.2, 0.25) is 0 Å². The fraction of sp³-hybridized carbons (Fsp3) is 0.467. The Balaban J connectivity index is 1.97. The molecule has 1 aromatic carbocycles. The van der Waals surface area contributed by atoms with Crippen molar-refractivity contribution in [2.45, 2.75) is 6.92 Å². The van der Waals surface area contributed by atoms with Crippen LogP contribution in [0.25, 0.3) is 0 Å². The molecule has 1 atom stereocenters. The van der Waals surface area contributed by atoms with Gasteiger partial charge < -0.3 is 14.5 Å². The largest absolute Gasteiger partial charge is 0.497 e. The zero-order valence-electron chi connectivity index (χ0n) is 11.9. The van der Waals surface area contributed by atoms with Gasteiger partial charge in [0.15, 0.2) is 0 Å². The number of rotatable bonds is 3. The average Bonchev–Trinajstić information content (AvgIpc) is 2.53. The molecule has 1 heterocycles. The number of nitrogens with zero attached hydrogens (tertiary/aromatic N) is 3. The maximum atomic E-state index is 11.9. The van der Waals surface area contributed by atoms with E-state index in [9.17, 15) is 4.79 Å². The van der Waals surface area contributed by atoms with E-state index < -0.39 is 5.92 Å². The molecule has 1 amide bonds. The summed E-state index contributed by atoms with van der Waals surface area (Å²) in [5.74, 6) is 0.204. The van der Waals surface area contributed by atoms with Crippen molar-refractivity contribution >= 4 is 11.6 Å². The predicted molar refractivity (Wildman–Crippen MR) is 76.6 cm³/mol. The molecule has 0 aliphatic carbocycles. The fourth-order valence-corrected chi connectivity index (χ4v) is 2.32. The summed E-state index contributed by atoms with van der Waals surface area (Å²) in [6.45, 7) is 4.51. The number of benzene rings is 1. The molecule has 106 valence electrons. The number of nitriles is 1. The first-order valence-electron chi connectivity index (χ1n) is 6.73. The number of ether oxygens (including phenoxy) is 1. The van der Waals surface area contributed by atoms with E-state index in [2.05, 4.69) is 4.90 Å². The molecule has 0 N–H and O–H groups in total. The van der Waals surface area contributed by atoms with E-state index in [1.54, 1.807) is 18.9 Å². The monoisotopic (exact) mass is 273 g/mol. The minimum atomic E-state index is -0.557. The van der Waals surface area contributed by atoms with Gasteiger partial charge in [-0.3, -0.25) is 4.79 Å². The van der Waals surface area contributed by atoms with Crippen molar-refractivity contribution in [1.82, 2.24) is 4.90 Å². The lowest BCUT2D eigenvalue weighted by molar-refractivity contribution is -0.133. The molecule has 0 radical (unpaired) electrons. The first-order chi connectivity index (χ1) is 9.65. The molecule has 1 fully saturated rings. The number of piperazine rings is 1. The van der Waals surface area contributed by atoms with E-state index in [0.29, 0.717) is 13.1 Å². The summed E-state index contributed by atoms with van der Waals surface area (Å²) >= 11 is 0. The van der Waals surface area contributed by atoms with Gasteiger partial charge in [0, 0.05) is 37.9 Å². The van der Waals surface area contributed by atoms with Gasteiger partial charge in [0.25, 0.3) is 0 Å². The van der Waals surface area contributed by atoms with Gasteiger partial charge in [0.1, 0.15) is 11.7 Å². The Morgan fingerprint density at radius 3 is 2.65 bits per heavy atom. The van der Waals surface area contributed by atoms with Crippen molar-refractivity contribution in [3.05, 3.63) is 24.3 Å². The third kappa shape index (κ3) is 3.02. The summed E-state index contributed by atoms with van der Waals surface area (Å²) in [6, 6.07) is 9.91. The first kappa shape index (κ1) is 14.2. The molecule has 1 aliphatic rings. The van der Waals surface area contributed by atoms with Gasteiger partial charge in [0.05, 0.1) is 13.2 Å². The van der Waals surface area contributed by atoms with Crippen molar-refractivity contribution in [2.24, 2.45) is 5.92 Å². The Bertz CT molecular complexity index is 516. The lowest BCUT2D eigenvalue weighted by Gasteiger charge is -2.36. The molecule has 0 saturated carbocycles. The second-order valence-electron chi connectivity index (χ2n) is 4.86. The van der Waals surface area contributed by atoms with Crippen molar-refractivity contribution < 1.29 is 9.53 Å². The second-order valence-corrected chi connectivity index (χ2v) is 4.86. The zero-order chi connectivity index (χ0) is 14.5. The molecule has 1 aromatic rings. The SMILES string of the molecule is COc1cccc(N2CCN(C(=O)C(C)C#N)CC2)c1. The highest BCUT2D eigenvalue weighted by atomic mass is 16.5. The number of anilines is 1. The predicted octanol–water partition coefficient (Wildman–Crippen LogP) is 1.50. The van der Waals surface area contributed by atoms with E-state index in [-0.39, 0.29) is 5.91 Å². The molecule has 2 rings (SSSR count). The fourth-order valence-electron chi connectivity index (χ4n) is 2.32. The van der Waals surface area contributed by atoms with Crippen molar-refractivity contribution in [2.75, 3.05) is 38.2 Å². The van der Waals surface area contributed by atoms with Crippen molar-refractivity contribution in [3.8, 4) is 11.8 Å². The van der Waals surface area contributed by atoms with Gasteiger partial charge in [-0.25, -0.2) is 0 Å². The Morgan fingerprint density at radius 1 is 1.35 bits per heavy atom. The molecular weight excluding hydrogens is 254 g/mol. The summed E-state index contributed by atoms with van der Waals surface area (Å²) in [7, 11) is 1.65. The minimum Gasteiger partial charge on any atom is -0.497 e. The van der Waals surface area contributed by atoms with Crippen LogP contribution in [0, 0.1) is 17.2 Å². The maximum absolute atomic E-state index is 11.9. The Morgan fingerprint density at radius 2 is 2.05 bits per heavy atom. The molecule has 5 heteroatoms. The summed E-state index contributed by atoms with van der Waals surface area (Å²) in [5.41, 5.74) is 1.10. The Hall–Kier alpha value is -2.22. The molecule has 0 bridgehead atoms. The van der Waals surface area contributed by atoms with Crippen LogP contribution < -0.4 is 9.64 Å². The van der Waals surface area contributed by atoms with Crippen molar-refractivity contribution in [3.63, 3.8) is 0 Å². The van der Waals surface area contributed by atoms with Crippen LogP contribution in [0.4, 0.5) is 5.69 Å². The molecule has 0 spiro atoms. The number of amides is 1. The van der Waals surface area contributed by atoms with E-state index in [0.717, 1.165) is 24.5 Å². The van der Waals surface area contributed by atoms with E-state index in [1.807, 2.05) is 30.3 Å². The van der Waals surface area contributed by atoms with Crippen LogP contribution in [-0.2, 0) is 4.79 Å². The molecule has 1 saturated heterocycles. The number of hydrogen-bond acceptors (Lipinski definition) is 4. The third-order valence-corrected chi connectivity index (χ3v) is 3.57. The highest BCUT2D eigenvalue weighted by Gasteiger charge is 2.24. The smallest absolute Gasteiger partial charge is 0.239 e. The highest BCUT2D eigenvalue weighted by Crippen LogP contribution is 2.22. The molecular formula is C15H19N3O2. The zero-order valence-corrected chi connectivity index (χ0v) is 11.9. The van der Waals surface area contributed by atoms with Gasteiger partial charge >= 0.3 is 0 Å². The number of carbonyl (C=O) groups is 1. The second kappa shape index (κ2) is 6.29. The molecule has 1 aliphatic heterocycles. The van der Waals surface area contributed by atoms with Gasteiger partial charge in [-0.2, -0.15) is 5.26 Å². The normalized spacial score (nSPS) is 16.4.